The molecular formula is C16H18ClNO5. The van der Waals surface area contributed by atoms with Crippen molar-refractivity contribution < 1.29 is 24.2 Å². The number of carboxylic acid groups (broad SMARTS) is 1. The lowest BCUT2D eigenvalue weighted by molar-refractivity contribution is 0.0696. The van der Waals surface area contributed by atoms with Gasteiger partial charge in [0, 0.05) is 6.61 Å². The van der Waals surface area contributed by atoms with E-state index >= 15 is 0 Å². The molecule has 1 saturated heterocycles. The van der Waals surface area contributed by atoms with E-state index in [0.717, 1.165) is 0 Å². The van der Waals surface area contributed by atoms with Crippen molar-refractivity contribution in [2.75, 3.05) is 20.3 Å². The second kappa shape index (κ2) is 7.02. The van der Waals surface area contributed by atoms with Crippen LogP contribution in [0.15, 0.2) is 24.8 Å². The van der Waals surface area contributed by atoms with Gasteiger partial charge in [-0.25, -0.2) is 4.79 Å². The number of benzene rings is 1. The van der Waals surface area contributed by atoms with E-state index in [4.69, 9.17) is 21.1 Å². The SMILES string of the molecule is C=CCC1(NC(=O)c2cc(OC)cc(C(=O)O)c2Cl)CCOC1. The number of aromatic carboxylic acids is 1. The maximum absolute atomic E-state index is 12.6. The number of carbonyl (C=O) groups is 2. The van der Waals surface area contributed by atoms with Crippen molar-refractivity contribution in [3.63, 3.8) is 0 Å². The Bertz CT molecular complexity index is 638. The van der Waals surface area contributed by atoms with E-state index in [2.05, 4.69) is 11.9 Å². The first-order valence-electron chi connectivity index (χ1n) is 7.04. The van der Waals surface area contributed by atoms with Crippen LogP contribution in [0.2, 0.25) is 5.02 Å². The van der Waals surface area contributed by atoms with Gasteiger partial charge in [0.25, 0.3) is 5.91 Å². The number of nitrogens with one attached hydrogen (secondary N) is 1. The lowest BCUT2D eigenvalue weighted by Crippen LogP contribution is -2.48. The zero-order valence-corrected chi connectivity index (χ0v) is 13.5. The Morgan fingerprint density at radius 1 is 1.52 bits per heavy atom. The maximum atomic E-state index is 12.6. The smallest absolute Gasteiger partial charge is 0.337 e. The summed E-state index contributed by atoms with van der Waals surface area (Å²) in [5, 5.41) is 12.0. The van der Waals surface area contributed by atoms with Crippen LogP contribution in [0.4, 0.5) is 0 Å². The van der Waals surface area contributed by atoms with E-state index in [1.54, 1.807) is 6.08 Å². The van der Waals surface area contributed by atoms with Crippen LogP contribution in [0, 0.1) is 0 Å². The van der Waals surface area contributed by atoms with E-state index in [1.807, 2.05) is 0 Å². The van der Waals surface area contributed by atoms with Gasteiger partial charge in [0.15, 0.2) is 0 Å². The minimum absolute atomic E-state index is 0.0544. The molecule has 2 N–H and O–H groups in total. The highest BCUT2D eigenvalue weighted by Gasteiger charge is 2.36. The number of carboxylic acids is 1. The Morgan fingerprint density at radius 2 is 2.22 bits per heavy atom. The number of rotatable bonds is 6. The minimum atomic E-state index is -1.23. The van der Waals surface area contributed by atoms with Gasteiger partial charge in [-0.2, -0.15) is 0 Å². The number of halogens is 1. The van der Waals surface area contributed by atoms with Crippen LogP contribution in [0.3, 0.4) is 0 Å². The quantitative estimate of drug-likeness (QED) is 0.778. The summed E-state index contributed by atoms with van der Waals surface area (Å²) in [6.07, 6.45) is 2.91. The standard InChI is InChI=1S/C16H18ClNO5/c1-3-4-16(5-6-23-9-16)18-14(19)11-7-10(22-2)8-12(13(11)17)15(20)21/h3,7-8H,1,4-6,9H2,2H3,(H,18,19)(H,20,21). The second-order valence-electron chi connectivity index (χ2n) is 5.37. The van der Waals surface area contributed by atoms with Crippen LogP contribution in [0.25, 0.3) is 0 Å². The summed E-state index contributed by atoms with van der Waals surface area (Å²) in [4.78, 5) is 23.9. The van der Waals surface area contributed by atoms with E-state index in [1.165, 1.54) is 19.2 Å². The molecule has 1 aliphatic heterocycles. The molecule has 1 aliphatic rings. The van der Waals surface area contributed by atoms with Gasteiger partial charge in [-0.3, -0.25) is 4.79 Å². The van der Waals surface area contributed by atoms with Crippen molar-refractivity contribution in [3.8, 4) is 5.75 Å². The molecule has 1 fully saturated rings. The fourth-order valence-electron chi connectivity index (χ4n) is 2.54. The largest absolute Gasteiger partial charge is 0.497 e. The summed E-state index contributed by atoms with van der Waals surface area (Å²) in [7, 11) is 1.39. The van der Waals surface area contributed by atoms with E-state index in [9.17, 15) is 14.7 Å². The van der Waals surface area contributed by atoms with Crippen molar-refractivity contribution in [1.29, 1.82) is 0 Å². The van der Waals surface area contributed by atoms with Gasteiger partial charge < -0.3 is 19.9 Å². The highest BCUT2D eigenvalue weighted by Crippen LogP contribution is 2.29. The maximum Gasteiger partial charge on any atom is 0.337 e. The Balaban J connectivity index is 2.36. The van der Waals surface area contributed by atoms with Gasteiger partial charge in [-0.05, 0) is 25.0 Å². The number of ether oxygens (including phenoxy) is 2. The fourth-order valence-corrected chi connectivity index (χ4v) is 2.81. The number of methoxy groups -OCH3 is 1. The Morgan fingerprint density at radius 3 is 2.74 bits per heavy atom. The third-order valence-electron chi connectivity index (χ3n) is 3.77. The molecule has 0 saturated carbocycles. The summed E-state index contributed by atoms with van der Waals surface area (Å²) in [5.74, 6) is -1.45. The molecule has 1 atom stereocenters. The molecule has 0 aliphatic carbocycles. The number of hydrogen-bond donors (Lipinski definition) is 2. The molecule has 1 heterocycles. The molecule has 2 rings (SSSR count). The topological polar surface area (TPSA) is 84.9 Å². The molecule has 23 heavy (non-hydrogen) atoms. The van der Waals surface area contributed by atoms with Crippen molar-refractivity contribution in [3.05, 3.63) is 40.9 Å². The van der Waals surface area contributed by atoms with Crippen molar-refractivity contribution in [1.82, 2.24) is 5.32 Å². The van der Waals surface area contributed by atoms with Crippen LogP contribution >= 0.6 is 11.6 Å². The summed E-state index contributed by atoms with van der Waals surface area (Å²) in [5.41, 5.74) is -0.676. The normalized spacial score (nSPS) is 20.1. The van der Waals surface area contributed by atoms with Gasteiger partial charge in [-0.1, -0.05) is 17.7 Å². The second-order valence-corrected chi connectivity index (χ2v) is 5.75. The average Bonchev–Trinajstić information content (AvgIpc) is 2.95. The van der Waals surface area contributed by atoms with Crippen LogP contribution in [0.1, 0.15) is 33.6 Å². The van der Waals surface area contributed by atoms with Gasteiger partial charge in [0.2, 0.25) is 0 Å². The summed E-state index contributed by atoms with van der Waals surface area (Å²) >= 11 is 6.09. The predicted molar refractivity (Wildman–Crippen MR) is 85.4 cm³/mol. The summed E-state index contributed by atoms with van der Waals surface area (Å²) < 4.78 is 10.4. The molecule has 6 nitrogen and oxygen atoms in total. The highest BCUT2D eigenvalue weighted by molar-refractivity contribution is 6.36. The van der Waals surface area contributed by atoms with Gasteiger partial charge >= 0.3 is 5.97 Å². The summed E-state index contributed by atoms with van der Waals surface area (Å²) in [6, 6.07) is 2.70. The molecule has 0 bridgehead atoms. The van der Waals surface area contributed by atoms with Crippen molar-refractivity contribution in [2.24, 2.45) is 0 Å². The molecule has 1 amide bonds. The monoisotopic (exact) mass is 339 g/mol. The molecular weight excluding hydrogens is 322 g/mol. The van der Waals surface area contributed by atoms with Crippen molar-refractivity contribution in [2.45, 2.75) is 18.4 Å². The summed E-state index contributed by atoms with van der Waals surface area (Å²) in [6.45, 7) is 4.62. The van der Waals surface area contributed by atoms with Gasteiger partial charge in [0.1, 0.15) is 5.75 Å². The zero-order chi connectivity index (χ0) is 17.0. The van der Waals surface area contributed by atoms with Crippen LogP contribution < -0.4 is 10.1 Å². The van der Waals surface area contributed by atoms with E-state index in [0.29, 0.717) is 26.1 Å². The minimum Gasteiger partial charge on any atom is -0.497 e. The average molecular weight is 340 g/mol. The third kappa shape index (κ3) is 3.65. The van der Waals surface area contributed by atoms with Crippen molar-refractivity contribution >= 4 is 23.5 Å². The number of hydrogen-bond acceptors (Lipinski definition) is 4. The molecule has 1 aromatic rings. The Kier molecular flexibility index (Phi) is 5.28. The number of amides is 1. The first kappa shape index (κ1) is 17.3. The highest BCUT2D eigenvalue weighted by atomic mass is 35.5. The molecule has 1 aromatic carbocycles. The zero-order valence-electron chi connectivity index (χ0n) is 12.7. The lowest BCUT2D eigenvalue weighted by Gasteiger charge is -2.28. The predicted octanol–water partition coefficient (Wildman–Crippen LogP) is 2.51. The Labute approximate surface area is 139 Å². The lowest BCUT2D eigenvalue weighted by atomic mass is 9.93. The molecule has 7 heteroatoms. The van der Waals surface area contributed by atoms with Gasteiger partial charge in [0.05, 0.1) is 35.4 Å². The van der Waals surface area contributed by atoms with Crippen LogP contribution in [-0.4, -0.2) is 42.8 Å². The van der Waals surface area contributed by atoms with Crippen LogP contribution in [-0.2, 0) is 4.74 Å². The van der Waals surface area contributed by atoms with E-state index < -0.39 is 17.4 Å². The number of carbonyl (C=O) groups excluding carboxylic acids is 1. The molecule has 1 unspecified atom stereocenters. The van der Waals surface area contributed by atoms with Crippen LogP contribution in [0.5, 0.6) is 5.75 Å². The first-order valence-corrected chi connectivity index (χ1v) is 7.42. The molecule has 0 spiro atoms. The Hall–Kier alpha value is -2.05. The third-order valence-corrected chi connectivity index (χ3v) is 4.18. The first-order chi connectivity index (χ1) is 10.9. The molecule has 124 valence electrons. The van der Waals surface area contributed by atoms with E-state index in [-0.39, 0.29) is 21.9 Å². The fraction of sp³-hybridized carbons (Fsp3) is 0.375. The van der Waals surface area contributed by atoms with Gasteiger partial charge in [-0.15, -0.1) is 6.58 Å². The molecule has 0 radical (unpaired) electrons. The molecule has 0 aromatic heterocycles.